The van der Waals surface area contributed by atoms with Crippen molar-refractivity contribution in [3.8, 4) is 45.6 Å². The van der Waals surface area contributed by atoms with Gasteiger partial charge in [-0.25, -0.2) is 82.6 Å². The third-order valence-corrected chi connectivity index (χ3v) is 20.3. The fourth-order valence-electron chi connectivity index (χ4n) is 11.0. The van der Waals surface area contributed by atoms with E-state index < -0.39 is 179 Å². The molecule has 0 amide bonds. The average molecular weight is 1310 g/mol. The molecule has 474 valence electrons. The number of benzene rings is 4. The number of H-pyrrole nitrogens is 2. The first kappa shape index (κ1) is 67.2. The molecule has 9 rings (SSSR count). The second kappa shape index (κ2) is 31.2. The molecule has 7 aromatic rings. The largest absolute Gasteiger partial charge is 0.324 e. The molecule has 8 nitrogen and oxygen atoms in total. The second-order valence-corrected chi connectivity index (χ2v) is 26.6. The summed E-state index contributed by atoms with van der Waals surface area (Å²) in [6, 6.07) is 0. The van der Waals surface area contributed by atoms with Crippen molar-refractivity contribution in [1.29, 1.82) is 0 Å². The highest BCUT2D eigenvalue weighted by Crippen LogP contribution is 2.48. The van der Waals surface area contributed by atoms with Crippen LogP contribution in [-0.2, 0) is 0 Å². The predicted molar refractivity (Wildman–Crippen MR) is 332 cm³/mol. The van der Waals surface area contributed by atoms with Crippen molar-refractivity contribution in [2.45, 2.75) is 201 Å². The molecule has 0 atom stereocenters. The van der Waals surface area contributed by atoms with Gasteiger partial charge in [0, 0.05) is 0 Å². The summed E-state index contributed by atoms with van der Waals surface area (Å²) in [5.41, 5.74) is -7.06. The van der Waals surface area contributed by atoms with Gasteiger partial charge in [0.25, 0.3) is 0 Å². The third kappa shape index (κ3) is 14.1. The molecule has 0 saturated heterocycles. The zero-order valence-electron chi connectivity index (χ0n) is 49.7. The molecule has 88 heavy (non-hydrogen) atoms. The summed E-state index contributed by atoms with van der Waals surface area (Å²) in [5, 5.41) is -3.65. The molecule has 24 heteroatoms. The summed E-state index contributed by atoms with van der Waals surface area (Å²) < 4.78 is 204. The van der Waals surface area contributed by atoms with Crippen LogP contribution in [0.15, 0.2) is 19.6 Å². The molecule has 0 radical (unpaired) electrons. The van der Waals surface area contributed by atoms with Crippen LogP contribution in [0.1, 0.15) is 182 Å². The zero-order valence-corrected chi connectivity index (χ0v) is 52.9. The standard InChI is InChI=1S/C64H70F12N8S4/c1-5-9-13-17-21-25-29-85-53-45(69)37-33(41(65)49(53)73)57-77-61(37)81-58-34-38(46(70)54(50(74)42(34)66)86-30-26-22-18-14-10-6-2)63(78-58)83-60-36-40(48(72)56(52(76)44(36)68)88-32-28-24-20-16-12-8-4)64(80-60)84-59-35-39(62(79-59)82-57)47(71)55(51(75)43(35)67)87-31-27-23-19-15-11-7-3/h5-32H2,1-4H3,(H2,77,78,79,80,81,82,83,84). The average Bonchev–Trinajstić information content (AvgIpc) is 1.72. The maximum atomic E-state index is 17.4. The van der Waals surface area contributed by atoms with Gasteiger partial charge in [-0.05, 0) is 48.7 Å². The van der Waals surface area contributed by atoms with Crippen molar-refractivity contribution in [3.63, 3.8) is 0 Å². The number of aromatic amines is 2. The first-order valence-electron chi connectivity index (χ1n) is 30.8. The number of halogens is 12. The molecule has 0 unspecified atom stereocenters. The number of fused-ring (bicyclic) bond motifs is 20. The van der Waals surface area contributed by atoms with E-state index in [1.807, 2.05) is 27.7 Å². The number of hydrogen-bond acceptors (Lipinski definition) is 10. The van der Waals surface area contributed by atoms with Crippen LogP contribution in [0.25, 0.3) is 89.7 Å². The van der Waals surface area contributed by atoms with Gasteiger partial charge in [0.15, 0.2) is 93.1 Å². The number of nitrogens with zero attached hydrogens (tertiary/aromatic N) is 6. The number of rotatable bonds is 32. The minimum atomic E-state index is -1.72. The summed E-state index contributed by atoms with van der Waals surface area (Å²) in [7, 11) is 0. The maximum absolute atomic E-state index is 17.4. The molecular weight excluding hydrogens is 1240 g/mol. The van der Waals surface area contributed by atoms with Crippen LogP contribution in [0.2, 0.25) is 0 Å². The quantitative estimate of drug-likeness (QED) is 0.0183. The van der Waals surface area contributed by atoms with Crippen LogP contribution < -0.4 is 0 Å². The smallest absolute Gasteiger partial charge is 0.176 e. The van der Waals surface area contributed by atoms with Gasteiger partial charge < -0.3 is 9.97 Å². The van der Waals surface area contributed by atoms with E-state index in [-0.39, 0.29) is 23.0 Å². The Labute approximate surface area is 520 Å². The van der Waals surface area contributed by atoms with E-state index >= 15 is 52.7 Å². The van der Waals surface area contributed by atoms with Crippen LogP contribution >= 0.6 is 47.0 Å². The highest BCUT2D eigenvalue weighted by molar-refractivity contribution is 8.00. The molecule has 0 fully saturated rings. The Balaban J connectivity index is 1.35. The highest BCUT2D eigenvalue weighted by atomic mass is 32.2. The molecule has 5 heterocycles. The van der Waals surface area contributed by atoms with Crippen molar-refractivity contribution < 1.29 is 52.7 Å². The molecule has 0 saturated carbocycles. The Bertz CT molecular complexity index is 3610. The Morgan fingerprint density at radius 1 is 0.239 bits per heavy atom. The lowest BCUT2D eigenvalue weighted by Gasteiger charge is -2.11. The van der Waals surface area contributed by atoms with Crippen LogP contribution in [-0.4, -0.2) is 62.9 Å². The number of nitrogens with one attached hydrogen (secondary N) is 2. The van der Waals surface area contributed by atoms with Crippen molar-refractivity contribution >= 4 is 91.2 Å². The zero-order chi connectivity index (χ0) is 62.8. The summed E-state index contributed by atoms with van der Waals surface area (Å²) >= 11 is 2.62. The monoisotopic (exact) mass is 1310 g/mol. The summed E-state index contributed by atoms with van der Waals surface area (Å²) in [5.74, 6) is -22.4. The number of aromatic nitrogens is 8. The molecule has 4 aromatic carbocycles. The normalized spacial score (nSPS) is 12.2. The first-order chi connectivity index (χ1) is 42.6. The van der Waals surface area contributed by atoms with Gasteiger partial charge in [-0.2, -0.15) is 0 Å². The molecule has 2 N–H and O–H groups in total. The van der Waals surface area contributed by atoms with Crippen LogP contribution in [0, 0.1) is 69.8 Å². The van der Waals surface area contributed by atoms with Gasteiger partial charge >= 0.3 is 0 Å². The van der Waals surface area contributed by atoms with Crippen LogP contribution in [0.3, 0.4) is 0 Å². The molecule has 2 aliphatic heterocycles. The molecule has 3 aromatic heterocycles. The number of hydrogen-bond donors (Lipinski definition) is 2. The second-order valence-electron chi connectivity index (χ2n) is 22.2. The summed E-state index contributed by atoms with van der Waals surface area (Å²) in [4.78, 5) is 27.9. The van der Waals surface area contributed by atoms with E-state index in [1.165, 1.54) is 0 Å². The lowest BCUT2D eigenvalue weighted by molar-refractivity contribution is 0.471. The first-order valence-corrected chi connectivity index (χ1v) is 34.7. The highest BCUT2D eigenvalue weighted by Gasteiger charge is 2.37. The van der Waals surface area contributed by atoms with Gasteiger partial charge in [0.05, 0.1) is 63.4 Å². The van der Waals surface area contributed by atoms with Gasteiger partial charge in [0.2, 0.25) is 0 Å². The fraction of sp³-hybridized carbons (Fsp3) is 0.500. The molecule has 2 aliphatic rings. The third-order valence-electron chi connectivity index (χ3n) is 15.7. The van der Waals surface area contributed by atoms with Gasteiger partial charge in [-0.15, -0.1) is 47.0 Å². The predicted octanol–water partition coefficient (Wildman–Crippen LogP) is 22.3. The van der Waals surface area contributed by atoms with E-state index in [0.717, 1.165) is 103 Å². The Kier molecular flexibility index (Phi) is 23.8. The maximum Gasteiger partial charge on any atom is 0.176 e. The summed E-state index contributed by atoms with van der Waals surface area (Å²) in [6.07, 6.45) is 19.7. The van der Waals surface area contributed by atoms with Gasteiger partial charge in [-0.1, -0.05) is 156 Å². The van der Waals surface area contributed by atoms with Crippen molar-refractivity contribution in [2.24, 2.45) is 0 Å². The molecular formula is C64H70F12N8S4. The van der Waals surface area contributed by atoms with E-state index in [9.17, 15) is 0 Å². The Hall–Kier alpha value is -5.20. The van der Waals surface area contributed by atoms with Crippen LogP contribution in [0.5, 0.6) is 0 Å². The minimum Gasteiger partial charge on any atom is -0.324 e. The van der Waals surface area contributed by atoms with E-state index in [4.69, 9.17) is 0 Å². The SMILES string of the molecule is CCCCCCCCSc1c(F)c(F)c2c(c1F)-c1nc-2nc2[nH]c(nc3nc(nc4[nH]c(n1)c1c(F)c(F)c(SCCCCCCCC)c(F)c41)-c1c(F)c(F)c(SCCCCCCCC)c(F)c1-3)c1c(F)c(F)c(SCCCCCCCC)c(F)c21. The lowest BCUT2D eigenvalue weighted by atomic mass is 10.1. The Morgan fingerprint density at radius 2 is 0.455 bits per heavy atom. The number of unbranched alkanes of at least 4 members (excludes halogenated alkanes) is 20. The lowest BCUT2D eigenvalue weighted by Crippen LogP contribution is -2.01. The van der Waals surface area contributed by atoms with Crippen molar-refractivity contribution in [3.05, 3.63) is 69.8 Å². The topological polar surface area (TPSA) is 109 Å². The van der Waals surface area contributed by atoms with E-state index in [2.05, 4.69) is 39.9 Å². The molecule has 8 bridgehead atoms. The molecule has 0 aliphatic carbocycles. The molecule has 0 spiro atoms. The van der Waals surface area contributed by atoms with E-state index in [0.29, 0.717) is 98.4 Å². The minimum absolute atomic E-state index is 0.124. The van der Waals surface area contributed by atoms with Gasteiger partial charge in [0.1, 0.15) is 22.6 Å². The van der Waals surface area contributed by atoms with Crippen LogP contribution in [0.4, 0.5) is 52.7 Å². The number of thioether (sulfide) groups is 4. The van der Waals surface area contributed by atoms with E-state index in [1.54, 1.807) is 0 Å². The summed E-state index contributed by atoms with van der Waals surface area (Å²) in [6.45, 7) is 8.20. The van der Waals surface area contributed by atoms with Crippen molar-refractivity contribution in [2.75, 3.05) is 23.0 Å². The Morgan fingerprint density at radius 3 is 0.727 bits per heavy atom. The fourth-order valence-corrected chi connectivity index (χ4v) is 15.0. The van der Waals surface area contributed by atoms with Gasteiger partial charge in [-0.3, -0.25) is 0 Å². The van der Waals surface area contributed by atoms with Crippen molar-refractivity contribution in [1.82, 2.24) is 39.9 Å².